The number of carbonyl (C=O) groups is 2. The van der Waals surface area contributed by atoms with Crippen LogP contribution in [0.15, 0.2) is 42.5 Å². The van der Waals surface area contributed by atoms with E-state index in [0.717, 1.165) is 30.3 Å². The normalized spacial score (nSPS) is 20.5. The van der Waals surface area contributed by atoms with Crippen molar-refractivity contribution in [2.75, 3.05) is 16.8 Å². The van der Waals surface area contributed by atoms with Crippen LogP contribution in [0.1, 0.15) is 33.2 Å². The number of nitrogens with one attached hydrogen (secondary N) is 2. The minimum absolute atomic E-state index is 0.0415. The largest absolute Gasteiger partial charge is 0.423 e. The maximum absolute atomic E-state index is 14.0. The van der Waals surface area contributed by atoms with Gasteiger partial charge in [-0.1, -0.05) is 23.2 Å². The highest BCUT2D eigenvalue weighted by Gasteiger charge is 2.61. The molecule has 0 fully saturated rings. The van der Waals surface area contributed by atoms with E-state index in [9.17, 15) is 36.6 Å². The van der Waals surface area contributed by atoms with Gasteiger partial charge in [0.15, 0.2) is 0 Å². The van der Waals surface area contributed by atoms with Crippen LogP contribution in [0, 0.1) is 11.6 Å². The predicted molar refractivity (Wildman–Crippen MR) is 123 cm³/mol. The first-order valence-corrected chi connectivity index (χ1v) is 11.2. The molecular weight excluding hydrogens is 546 g/mol. The Hall–Kier alpha value is -3.48. The van der Waals surface area contributed by atoms with Crippen LogP contribution in [-0.4, -0.2) is 34.7 Å². The maximum atomic E-state index is 14.0. The molecule has 7 nitrogen and oxygen atoms in total. The Kier molecular flexibility index (Phi) is 5.81. The van der Waals surface area contributed by atoms with Crippen molar-refractivity contribution in [3.8, 4) is 0 Å². The van der Waals surface area contributed by atoms with Crippen LogP contribution in [0.4, 0.5) is 38.1 Å². The van der Waals surface area contributed by atoms with Gasteiger partial charge in [-0.3, -0.25) is 9.69 Å². The van der Waals surface area contributed by atoms with Gasteiger partial charge in [0.1, 0.15) is 22.5 Å². The van der Waals surface area contributed by atoms with Gasteiger partial charge in [-0.05, 0) is 42.5 Å². The molecule has 1 aromatic heterocycles. The van der Waals surface area contributed by atoms with Crippen LogP contribution in [0.3, 0.4) is 0 Å². The molecule has 14 heteroatoms. The van der Waals surface area contributed by atoms with Gasteiger partial charge < -0.3 is 15.7 Å². The molecule has 0 spiro atoms. The lowest BCUT2D eigenvalue weighted by atomic mass is 9.95. The van der Waals surface area contributed by atoms with Crippen LogP contribution in [0.25, 0.3) is 0 Å². The summed E-state index contributed by atoms with van der Waals surface area (Å²) in [6.07, 6.45) is -5.23. The van der Waals surface area contributed by atoms with Crippen LogP contribution in [0.2, 0.25) is 10.2 Å². The first kappa shape index (κ1) is 25.2. The SMILES string of the molecule is O=C1N[C@@H](c2cc(F)ccc2Cl)c2c(NC(=O)N3C[C@@](O)(C(F)(F)F)c4cc(F)ccc43)cc(Cl)nc21. The van der Waals surface area contributed by atoms with Crippen molar-refractivity contribution in [1.29, 1.82) is 0 Å². The summed E-state index contributed by atoms with van der Waals surface area (Å²) in [4.78, 5) is 30.3. The molecule has 5 rings (SSSR count). The van der Waals surface area contributed by atoms with Crippen molar-refractivity contribution in [2.24, 2.45) is 0 Å². The van der Waals surface area contributed by atoms with Crippen molar-refractivity contribution in [2.45, 2.75) is 17.8 Å². The number of nitrogens with zero attached hydrogens (tertiary/aromatic N) is 2. The zero-order chi connectivity index (χ0) is 26.9. The fourth-order valence-corrected chi connectivity index (χ4v) is 4.83. The number of hydrogen-bond donors (Lipinski definition) is 3. The van der Waals surface area contributed by atoms with Crippen molar-refractivity contribution in [3.05, 3.63) is 86.7 Å². The van der Waals surface area contributed by atoms with Crippen molar-refractivity contribution in [1.82, 2.24) is 10.3 Å². The average Bonchev–Trinajstić information content (AvgIpc) is 3.30. The van der Waals surface area contributed by atoms with E-state index in [-0.39, 0.29) is 38.4 Å². The van der Waals surface area contributed by atoms with Crippen molar-refractivity contribution >= 4 is 46.5 Å². The van der Waals surface area contributed by atoms with E-state index < -0.39 is 53.5 Å². The molecular formula is C23H13Cl2F5N4O3. The Morgan fingerprint density at radius 2 is 1.81 bits per heavy atom. The van der Waals surface area contributed by atoms with E-state index >= 15 is 0 Å². The van der Waals surface area contributed by atoms with Crippen molar-refractivity contribution < 1.29 is 36.6 Å². The van der Waals surface area contributed by atoms with Crippen LogP contribution in [0.5, 0.6) is 0 Å². The highest BCUT2D eigenvalue weighted by Crippen LogP contribution is 2.49. The van der Waals surface area contributed by atoms with Gasteiger partial charge in [0.2, 0.25) is 5.60 Å². The van der Waals surface area contributed by atoms with E-state index in [2.05, 4.69) is 15.6 Å². The number of hydrogen-bond acceptors (Lipinski definition) is 4. The first-order chi connectivity index (χ1) is 17.3. The molecule has 2 aliphatic heterocycles. The third-order valence-electron chi connectivity index (χ3n) is 6.11. The summed E-state index contributed by atoms with van der Waals surface area (Å²) in [6.45, 7) is -1.27. The molecule has 3 heterocycles. The quantitative estimate of drug-likeness (QED) is 0.294. The van der Waals surface area contributed by atoms with Gasteiger partial charge in [0.25, 0.3) is 5.91 Å². The smallest absolute Gasteiger partial charge is 0.375 e. The Bertz CT molecular complexity index is 1490. The number of β-amino-alcohol motifs (C(OH)–C–C–N with tert-alkyl or cyclic N) is 1. The van der Waals surface area contributed by atoms with Crippen LogP contribution in [-0.2, 0) is 5.60 Å². The van der Waals surface area contributed by atoms with E-state index in [1.54, 1.807) is 0 Å². The molecule has 0 saturated heterocycles. The first-order valence-electron chi connectivity index (χ1n) is 10.4. The Labute approximate surface area is 214 Å². The molecule has 3 amide bonds. The second kappa shape index (κ2) is 8.54. The number of anilines is 2. The number of halogens is 7. The summed E-state index contributed by atoms with van der Waals surface area (Å²) in [7, 11) is 0. The number of rotatable bonds is 2. The number of fused-ring (bicyclic) bond motifs is 2. The standard InChI is InChI=1S/C23H13Cl2F5N4O3/c24-13-3-1-9(26)5-11(13)18-17-14(7-16(25)32-19(17)20(35)33-18)31-21(36)34-8-22(37,23(28,29)30)12-6-10(27)2-4-15(12)34/h1-7,18,37H,8H2,(H,33,35)(H,31,32,36)/t18-,22-/m0/s1. The fraction of sp³-hybridized carbons (Fsp3) is 0.174. The molecule has 0 aliphatic carbocycles. The van der Waals surface area contributed by atoms with Gasteiger partial charge in [-0.15, -0.1) is 0 Å². The number of aromatic nitrogens is 1. The third-order valence-corrected chi connectivity index (χ3v) is 6.65. The van der Waals surface area contributed by atoms with E-state index in [1.165, 1.54) is 6.07 Å². The van der Waals surface area contributed by atoms with Crippen molar-refractivity contribution in [3.63, 3.8) is 0 Å². The number of carbonyl (C=O) groups excluding carboxylic acids is 2. The Morgan fingerprint density at radius 1 is 1.14 bits per heavy atom. The number of alkyl halides is 3. The van der Waals surface area contributed by atoms with Crippen LogP contribution < -0.4 is 15.5 Å². The lowest BCUT2D eigenvalue weighted by Gasteiger charge is -2.27. The zero-order valence-corrected chi connectivity index (χ0v) is 19.6. The molecule has 2 aromatic carbocycles. The summed E-state index contributed by atoms with van der Waals surface area (Å²) in [6, 6.07) is 4.61. The lowest BCUT2D eigenvalue weighted by molar-refractivity contribution is -0.258. The van der Waals surface area contributed by atoms with Gasteiger partial charge in [0, 0.05) is 21.7 Å². The predicted octanol–water partition coefficient (Wildman–Crippen LogP) is 5.30. The van der Waals surface area contributed by atoms with E-state index in [0.29, 0.717) is 11.0 Å². The average molecular weight is 559 g/mol. The maximum Gasteiger partial charge on any atom is 0.423 e. The molecule has 3 aromatic rings. The summed E-state index contributed by atoms with van der Waals surface area (Å²) in [5.74, 6) is -2.42. The Morgan fingerprint density at radius 3 is 2.51 bits per heavy atom. The molecule has 0 saturated carbocycles. The topological polar surface area (TPSA) is 94.6 Å². The Balaban J connectivity index is 1.57. The number of amides is 3. The summed E-state index contributed by atoms with van der Waals surface area (Å²) in [5, 5.41) is 15.2. The minimum atomic E-state index is -5.23. The summed E-state index contributed by atoms with van der Waals surface area (Å²) in [5.41, 5.74) is -4.93. The second-order valence-electron chi connectivity index (χ2n) is 8.36. The monoisotopic (exact) mass is 558 g/mol. The zero-order valence-electron chi connectivity index (χ0n) is 18.1. The summed E-state index contributed by atoms with van der Waals surface area (Å²) < 4.78 is 69.0. The summed E-state index contributed by atoms with van der Waals surface area (Å²) >= 11 is 12.2. The second-order valence-corrected chi connectivity index (χ2v) is 9.16. The number of aliphatic hydroxyl groups is 1. The van der Waals surface area contributed by atoms with Gasteiger partial charge in [-0.2, -0.15) is 13.2 Å². The minimum Gasteiger partial charge on any atom is -0.375 e. The van der Waals surface area contributed by atoms with Crippen LogP contribution >= 0.6 is 23.2 Å². The fourth-order valence-electron chi connectivity index (χ4n) is 4.41. The highest BCUT2D eigenvalue weighted by molar-refractivity contribution is 6.31. The molecule has 3 N–H and O–H groups in total. The highest BCUT2D eigenvalue weighted by atomic mass is 35.5. The van der Waals surface area contributed by atoms with E-state index in [4.69, 9.17) is 23.2 Å². The van der Waals surface area contributed by atoms with Gasteiger partial charge in [0.05, 0.1) is 24.0 Å². The van der Waals surface area contributed by atoms with Gasteiger partial charge in [-0.25, -0.2) is 18.6 Å². The van der Waals surface area contributed by atoms with E-state index in [1.807, 2.05) is 0 Å². The number of pyridine rings is 1. The molecule has 2 atom stereocenters. The molecule has 37 heavy (non-hydrogen) atoms. The molecule has 2 aliphatic rings. The molecule has 0 bridgehead atoms. The van der Waals surface area contributed by atoms with Gasteiger partial charge >= 0.3 is 12.2 Å². The number of urea groups is 1. The third kappa shape index (κ3) is 4.05. The molecule has 0 unspecified atom stereocenters. The number of benzene rings is 2. The lowest BCUT2D eigenvalue weighted by Crippen LogP contribution is -2.48. The molecule has 192 valence electrons. The molecule has 0 radical (unpaired) electrons.